The molecule has 2 aromatic carbocycles. The SMILES string of the molecule is Cc1ccc(C(=O)Nc2cc3c(cc2N2CCCC2)n(C)c(=O)c(=O)n3C)cc1[N+](=O)[O-]. The Balaban J connectivity index is 1.85. The number of nitrogens with one attached hydrogen (secondary N) is 1. The summed E-state index contributed by atoms with van der Waals surface area (Å²) in [4.78, 5) is 50.4. The van der Waals surface area contributed by atoms with E-state index >= 15 is 0 Å². The van der Waals surface area contributed by atoms with E-state index in [0.717, 1.165) is 31.6 Å². The van der Waals surface area contributed by atoms with Crippen LogP contribution in [0.3, 0.4) is 0 Å². The zero-order valence-corrected chi connectivity index (χ0v) is 18.0. The van der Waals surface area contributed by atoms with E-state index in [4.69, 9.17) is 0 Å². The van der Waals surface area contributed by atoms with Crippen LogP contribution in [0.4, 0.5) is 17.1 Å². The molecule has 0 saturated carbocycles. The molecule has 1 aromatic heterocycles. The number of fused-ring (bicyclic) bond motifs is 1. The molecule has 3 aromatic rings. The standard InChI is InChI=1S/C22H23N5O5/c1-13-6-7-14(10-16(13)27(31)32)20(28)23-15-11-18-19(12-17(15)26-8-4-5-9-26)25(3)22(30)21(29)24(18)2/h6-7,10-12H,4-5,8-9H2,1-3H3,(H,23,28). The van der Waals surface area contributed by atoms with E-state index in [2.05, 4.69) is 10.2 Å². The highest BCUT2D eigenvalue weighted by Gasteiger charge is 2.22. The van der Waals surface area contributed by atoms with Gasteiger partial charge in [0.2, 0.25) is 0 Å². The minimum atomic E-state index is -0.666. The highest BCUT2D eigenvalue weighted by Crippen LogP contribution is 2.33. The van der Waals surface area contributed by atoms with Crippen LogP contribution < -0.4 is 21.3 Å². The Morgan fingerprint density at radius 2 is 1.59 bits per heavy atom. The Kier molecular flexibility index (Phi) is 5.29. The average Bonchev–Trinajstić information content (AvgIpc) is 3.30. The molecular weight excluding hydrogens is 414 g/mol. The van der Waals surface area contributed by atoms with Gasteiger partial charge in [-0.05, 0) is 38.0 Å². The second-order valence-electron chi connectivity index (χ2n) is 7.99. The molecule has 0 aliphatic carbocycles. The van der Waals surface area contributed by atoms with Gasteiger partial charge < -0.3 is 19.4 Å². The van der Waals surface area contributed by atoms with Crippen molar-refractivity contribution in [1.29, 1.82) is 0 Å². The van der Waals surface area contributed by atoms with Crippen molar-refractivity contribution in [2.45, 2.75) is 19.8 Å². The number of rotatable bonds is 4. The molecule has 0 atom stereocenters. The summed E-state index contributed by atoms with van der Waals surface area (Å²) in [6.45, 7) is 3.20. The zero-order valence-electron chi connectivity index (χ0n) is 18.0. The van der Waals surface area contributed by atoms with Crippen LogP contribution in [0.25, 0.3) is 11.0 Å². The molecule has 166 valence electrons. The number of nitro groups is 1. The first kappa shape index (κ1) is 21.3. The molecule has 1 saturated heterocycles. The maximum atomic E-state index is 13.0. The molecule has 10 heteroatoms. The third kappa shape index (κ3) is 3.53. The van der Waals surface area contributed by atoms with Crippen LogP contribution in [0, 0.1) is 17.0 Å². The number of anilines is 2. The number of aromatic nitrogens is 2. The van der Waals surface area contributed by atoms with Crippen molar-refractivity contribution in [3.8, 4) is 0 Å². The van der Waals surface area contributed by atoms with Gasteiger partial charge in [0.15, 0.2) is 0 Å². The molecule has 0 spiro atoms. The molecule has 1 amide bonds. The number of nitrogens with zero attached hydrogens (tertiary/aromatic N) is 4. The van der Waals surface area contributed by atoms with Crippen molar-refractivity contribution in [3.05, 3.63) is 72.3 Å². The number of carbonyl (C=O) groups excluding carboxylic acids is 1. The fourth-order valence-corrected chi connectivity index (χ4v) is 4.07. The van der Waals surface area contributed by atoms with Crippen LogP contribution in [0.5, 0.6) is 0 Å². The molecule has 2 heterocycles. The lowest BCUT2D eigenvalue weighted by Crippen LogP contribution is -2.39. The molecule has 1 N–H and O–H groups in total. The van der Waals surface area contributed by atoms with E-state index in [9.17, 15) is 24.5 Å². The number of amides is 1. The summed E-state index contributed by atoms with van der Waals surface area (Å²) < 4.78 is 2.57. The van der Waals surface area contributed by atoms with Crippen molar-refractivity contribution in [2.24, 2.45) is 14.1 Å². The average molecular weight is 437 g/mol. The summed E-state index contributed by atoms with van der Waals surface area (Å²) in [7, 11) is 3.06. The first-order chi connectivity index (χ1) is 15.2. The predicted molar refractivity (Wildman–Crippen MR) is 122 cm³/mol. The Labute approximate surface area is 182 Å². The Bertz CT molecular complexity index is 1380. The molecule has 10 nitrogen and oxygen atoms in total. The molecule has 0 bridgehead atoms. The van der Waals surface area contributed by atoms with Gasteiger partial charge in [-0.15, -0.1) is 0 Å². The number of hydrogen-bond donors (Lipinski definition) is 1. The second kappa shape index (κ2) is 7.95. The number of hydrogen-bond acceptors (Lipinski definition) is 6. The van der Waals surface area contributed by atoms with Gasteiger partial charge in [0.25, 0.3) is 11.6 Å². The van der Waals surface area contributed by atoms with E-state index in [1.54, 1.807) is 26.1 Å². The summed E-state index contributed by atoms with van der Waals surface area (Å²) in [5, 5.41) is 14.1. The van der Waals surface area contributed by atoms with Crippen LogP contribution >= 0.6 is 0 Å². The zero-order chi connectivity index (χ0) is 23.2. The van der Waals surface area contributed by atoms with Gasteiger partial charge in [-0.1, -0.05) is 6.07 Å². The number of aryl methyl sites for hydroxylation is 3. The summed E-state index contributed by atoms with van der Waals surface area (Å²) in [5.41, 5.74) is 1.47. The number of nitro benzene ring substituents is 1. The van der Waals surface area contributed by atoms with Crippen LogP contribution in [0.2, 0.25) is 0 Å². The predicted octanol–water partition coefficient (Wildman–Crippen LogP) is 2.31. The van der Waals surface area contributed by atoms with E-state index in [0.29, 0.717) is 22.3 Å². The minimum absolute atomic E-state index is 0.131. The van der Waals surface area contributed by atoms with E-state index < -0.39 is 21.9 Å². The number of benzene rings is 2. The smallest absolute Gasteiger partial charge is 0.316 e. The molecule has 0 radical (unpaired) electrons. The molecule has 4 rings (SSSR count). The van der Waals surface area contributed by atoms with E-state index in [-0.39, 0.29) is 11.3 Å². The largest absolute Gasteiger partial charge is 0.370 e. The topological polar surface area (TPSA) is 119 Å². The highest BCUT2D eigenvalue weighted by molar-refractivity contribution is 6.07. The van der Waals surface area contributed by atoms with Crippen LogP contribution in [-0.2, 0) is 14.1 Å². The Morgan fingerprint density at radius 1 is 1.00 bits per heavy atom. The first-order valence-electron chi connectivity index (χ1n) is 10.2. The molecule has 1 aliphatic rings. The Morgan fingerprint density at radius 3 is 2.19 bits per heavy atom. The Hall–Kier alpha value is -3.95. The summed E-state index contributed by atoms with van der Waals surface area (Å²) in [6.07, 6.45) is 2.00. The van der Waals surface area contributed by atoms with Crippen LogP contribution in [0.15, 0.2) is 39.9 Å². The lowest BCUT2D eigenvalue weighted by atomic mass is 10.1. The fraction of sp³-hybridized carbons (Fsp3) is 0.318. The first-order valence-corrected chi connectivity index (χ1v) is 10.2. The lowest BCUT2D eigenvalue weighted by Gasteiger charge is -2.23. The monoisotopic (exact) mass is 437 g/mol. The summed E-state index contributed by atoms with van der Waals surface area (Å²) in [5.74, 6) is -0.497. The van der Waals surface area contributed by atoms with Crippen molar-refractivity contribution in [3.63, 3.8) is 0 Å². The maximum absolute atomic E-state index is 13.0. The summed E-state index contributed by atoms with van der Waals surface area (Å²) >= 11 is 0. The van der Waals surface area contributed by atoms with Crippen LogP contribution in [-0.4, -0.2) is 33.1 Å². The van der Waals surface area contributed by atoms with Crippen molar-refractivity contribution >= 4 is 34.0 Å². The van der Waals surface area contributed by atoms with Gasteiger partial charge in [-0.25, -0.2) is 0 Å². The normalized spacial score (nSPS) is 13.5. The molecule has 0 unspecified atom stereocenters. The molecule has 1 fully saturated rings. The third-order valence-electron chi connectivity index (χ3n) is 5.97. The van der Waals surface area contributed by atoms with Gasteiger partial charge in [0, 0.05) is 44.4 Å². The quantitative estimate of drug-likeness (QED) is 0.380. The molecule has 1 aliphatic heterocycles. The van der Waals surface area contributed by atoms with Gasteiger partial charge >= 0.3 is 11.1 Å². The minimum Gasteiger partial charge on any atom is -0.370 e. The van der Waals surface area contributed by atoms with Crippen molar-refractivity contribution < 1.29 is 9.72 Å². The van der Waals surface area contributed by atoms with Crippen molar-refractivity contribution in [2.75, 3.05) is 23.3 Å². The van der Waals surface area contributed by atoms with E-state index in [1.807, 2.05) is 0 Å². The lowest BCUT2D eigenvalue weighted by molar-refractivity contribution is -0.385. The van der Waals surface area contributed by atoms with Gasteiger partial charge in [-0.2, -0.15) is 0 Å². The highest BCUT2D eigenvalue weighted by atomic mass is 16.6. The van der Waals surface area contributed by atoms with E-state index in [1.165, 1.54) is 34.4 Å². The second-order valence-corrected chi connectivity index (χ2v) is 7.99. The summed E-state index contributed by atoms with van der Waals surface area (Å²) in [6, 6.07) is 7.79. The van der Waals surface area contributed by atoms with Gasteiger partial charge in [-0.3, -0.25) is 24.5 Å². The van der Waals surface area contributed by atoms with Gasteiger partial charge in [0.1, 0.15) is 0 Å². The maximum Gasteiger partial charge on any atom is 0.316 e. The molecule has 32 heavy (non-hydrogen) atoms. The fourth-order valence-electron chi connectivity index (χ4n) is 4.07. The molecular formula is C22H23N5O5. The number of carbonyl (C=O) groups is 1. The van der Waals surface area contributed by atoms with Gasteiger partial charge in [0.05, 0.1) is 27.3 Å². The van der Waals surface area contributed by atoms with Crippen molar-refractivity contribution in [1.82, 2.24) is 9.13 Å². The van der Waals surface area contributed by atoms with Crippen LogP contribution in [0.1, 0.15) is 28.8 Å². The third-order valence-corrected chi connectivity index (χ3v) is 5.97.